The number of benzene rings is 2. The van der Waals surface area contributed by atoms with Gasteiger partial charge in [0.25, 0.3) is 0 Å². The Balaban J connectivity index is 1.57. The van der Waals surface area contributed by atoms with Crippen molar-refractivity contribution >= 4 is 45.2 Å². The molecule has 9 nitrogen and oxygen atoms in total. The number of nitrogens with zero attached hydrogens (tertiary/aromatic N) is 1. The molecule has 0 radical (unpaired) electrons. The fourth-order valence-corrected chi connectivity index (χ4v) is 3.73. The van der Waals surface area contributed by atoms with Gasteiger partial charge in [0.1, 0.15) is 0 Å². The van der Waals surface area contributed by atoms with Crippen LogP contribution in [0, 0.1) is 0 Å². The fraction of sp³-hybridized carbons (Fsp3) is 0.304. The number of aliphatic hydroxyl groups excluding tert-OH is 1. The lowest BCUT2D eigenvalue weighted by molar-refractivity contribution is -0.137. The average Bonchev–Trinajstić information content (AvgIpc) is 2.78. The topological polar surface area (TPSA) is 140 Å². The van der Waals surface area contributed by atoms with Crippen LogP contribution in [0.2, 0.25) is 0 Å². The number of anilines is 1. The summed E-state index contributed by atoms with van der Waals surface area (Å²) in [6, 6.07) is 13.2. The molecule has 2 unspecified atom stereocenters. The summed E-state index contributed by atoms with van der Waals surface area (Å²) in [7, 11) is 0. The minimum atomic E-state index is -1.03. The number of guanidine groups is 1. The van der Waals surface area contributed by atoms with Gasteiger partial charge < -0.3 is 26.2 Å². The molecule has 0 fully saturated rings. The van der Waals surface area contributed by atoms with E-state index in [4.69, 9.17) is 0 Å². The highest BCUT2D eigenvalue weighted by Crippen LogP contribution is 2.21. The van der Waals surface area contributed by atoms with Crippen LogP contribution in [0.25, 0.3) is 0 Å². The minimum absolute atomic E-state index is 0.0149. The number of carboxylic acids is 1. The minimum Gasteiger partial charge on any atom is -0.481 e. The quantitative estimate of drug-likeness (QED) is 0.322. The van der Waals surface area contributed by atoms with Crippen molar-refractivity contribution in [2.24, 2.45) is 4.99 Å². The maximum absolute atomic E-state index is 12.6. The average molecular weight is 517 g/mol. The maximum Gasteiger partial charge on any atom is 0.305 e. The summed E-state index contributed by atoms with van der Waals surface area (Å²) in [6.45, 7) is 0.689. The molecule has 1 aliphatic heterocycles. The van der Waals surface area contributed by atoms with E-state index in [-0.39, 0.29) is 25.0 Å². The molecule has 0 bridgehead atoms. The van der Waals surface area contributed by atoms with Crippen LogP contribution in [-0.2, 0) is 9.59 Å². The zero-order chi connectivity index (χ0) is 23.8. The van der Waals surface area contributed by atoms with Crippen LogP contribution in [0.5, 0.6) is 0 Å². The third-order valence-corrected chi connectivity index (χ3v) is 5.45. The molecule has 0 aromatic heterocycles. The Morgan fingerprint density at radius 3 is 2.64 bits per heavy atom. The Hall–Kier alpha value is -3.24. The molecule has 2 aromatic rings. The van der Waals surface area contributed by atoms with E-state index in [1.165, 1.54) is 0 Å². The molecule has 1 aliphatic rings. The van der Waals surface area contributed by atoms with Crippen LogP contribution in [-0.4, -0.2) is 53.0 Å². The van der Waals surface area contributed by atoms with Gasteiger partial charge in [-0.25, -0.2) is 0 Å². The Morgan fingerprint density at radius 2 is 1.94 bits per heavy atom. The summed E-state index contributed by atoms with van der Waals surface area (Å²) in [5.74, 6) is -1.13. The molecule has 10 heteroatoms. The van der Waals surface area contributed by atoms with Crippen LogP contribution < -0.4 is 16.0 Å². The van der Waals surface area contributed by atoms with Crippen LogP contribution in [0.1, 0.15) is 41.2 Å². The highest BCUT2D eigenvalue weighted by Gasteiger charge is 2.19. The number of halogens is 1. The van der Waals surface area contributed by atoms with Gasteiger partial charge in [0.05, 0.1) is 25.1 Å². The molecule has 1 heterocycles. The SMILES string of the molecule is O=C(O)CC(NC(=O)CCC(=O)c1cccc(NC2=NCC(O)CN2)c1)c1cccc(Br)c1. The molecule has 0 spiro atoms. The zero-order valence-electron chi connectivity index (χ0n) is 17.8. The summed E-state index contributed by atoms with van der Waals surface area (Å²) in [6.07, 6.45) is -0.863. The van der Waals surface area contributed by atoms with Crippen LogP contribution in [0.3, 0.4) is 0 Å². The van der Waals surface area contributed by atoms with E-state index in [9.17, 15) is 24.6 Å². The van der Waals surface area contributed by atoms with Crippen molar-refractivity contribution in [3.8, 4) is 0 Å². The molecule has 33 heavy (non-hydrogen) atoms. The normalized spacial score (nSPS) is 16.2. The predicted molar refractivity (Wildman–Crippen MR) is 127 cm³/mol. The highest BCUT2D eigenvalue weighted by atomic mass is 79.9. The van der Waals surface area contributed by atoms with Crippen LogP contribution >= 0.6 is 15.9 Å². The third kappa shape index (κ3) is 7.69. The second-order valence-electron chi connectivity index (χ2n) is 7.63. The van der Waals surface area contributed by atoms with E-state index in [0.29, 0.717) is 35.9 Å². The number of hydrogen-bond donors (Lipinski definition) is 5. The Kier molecular flexibility index (Phi) is 8.56. The number of β-amino-alcohol motifs (C(OH)–C–C–N with tert-alkyl or cyclic N) is 1. The number of amides is 1. The van der Waals surface area contributed by atoms with Gasteiger partial charge in [-0.05, 0) is 29.8 Å². The molecule has 174 valence electrons. The van der Waals surface area contributed by atoms with E-state index in [2.05, 4.69) is 36.9 Å². The van der Waals surface area contributed by atoms with Gasteiger partial charge in [-0.15, -0.1) is 0 Å². The van der Waals surface area contributed by atoms with Crippen molar-refractivity contribution in [2.75, 3.05) is 18.4 Å². The summed E-state index contributed by atoms with van der Waals surface area (Å²) in [5, 5.41) is 27.4. The molecule has 3 rings (SSSR count). The lowest BCUT2D eigenvalue weighted by Crippen LogP contribution is -2.42. The largest absolute Gasteiger partial charge is 0.481 e. The van der Waals surface area contributed by atoms with Crippen molar-refractivity contribution < 1.29 is 24.6 Å². The second kappa shape index (κ2) is 11.6. The number of Topliss-reactive ketones (excluding diaryl/α,β-unsaturated/α-hetero) is 1. The van der Waals surface area contributed by atoms with Crippen molar-refractivity contribution in [1.29, 1.82) is 0 Å². The molecular formula is C23H25BrN4O5. The van der Waals surface area contributed by atoms with E-state index in [1.54, 1.807) is 42.5 Å². The number of ketones is 1. The van der Waals surface area contributed by atoms with Crippen molar-refractivity contribution in [3.05, 3.63) is 64.1 Å². The van der Waals surface area contributed by atoms with Crippen molar-refractivity contribution in [3.63, 3.8) is 0 Å². The predicted octanol–water partition coefficient (Wildman–Crippen LogP) is 2.48. The number of carbonyl (C=O) groups is 3. The lowest BCUT2D eigenvalue weighted by Gasteiger charge is -2.20. The Morgan fingerprint density at radius 1 is 1.15 bits per heavy atom. The van der Waals surface area contributed by atoms with Crippen LogP contribution in [0.15, 0.2) is 58.0 Å². The van der Waals surface area contributed by atoms with Gasteiger partial charge in [0.2, 0.25) is 5.91 Å². The van der Waals surface area contributed by atoms with Gasteiger partial charge in [0.15, 0.2) is 11.7 Å². The van der Waals surface area contributed by atoms with Gasteiger partial charge in [-0.1, -0.05) is 40.2 Å². The smallest absolute Gasteiger partial charge is 0.305 e. The number of carbonyl (C=O) groups excluding carboxylic acids is 2. The summed E-state index contributed by atoms with van der Waals surface area (Å²) in [5.41, 5.74) is 1.76. The number of aliphatic imine (C=N–C) groups is 1. The Labute approximate surface area is 199 Å². The number of aliphatic carboxylic acids is 1. The van der Waals surface area contributed by atoms with Crippen molar-refractivity contribution in [2.45, 2.75) is 31.4 Å². The number of nitrogens with one attached hydrogen (secondary N) is 3. The first-order valence-electron chi connectivity index (χ1n) is 10.4. The number of hydrogen-bond acceptors (Lipinski definition) is 7. The van der Waals surface area contributed by atoms with E-state index >= 15 is 0 Å². The summed E-state index contributed by atoms with van der Waals surface area (Å²) in [4.78, 5) is 40.5. The highest BCUT2D eigenvalue weighted by molar-refractivity contribution is 9.10. The van der Waals surface area contributed by atoms with Gasteiger partial charge in [0, 0.05) is 35.1 Å². The first kappa shape index (κ1) is 24.4. The molecule has 1 amide bonds. The molecule has 0 aliphatic carbocycles. The number of rotatable bonds is 9. The van der Waals surface area contributed by atoms with Gasteiger partial charge in [-0.3, -0.25) is 19.4 Å². The van der Waals surface area contributed by atoms with Gasteiger partial charge in [-0.2, -0.15) is 0 Å². The number of carboxylic acid groups (broad SMARTS) is 1. The first-order chi connectivity index (χ1) is 15.8. The van der Waals surface area contributed by atoms with E-state index < -0.39 is 24.0 Å². The number of aliphatic hydroxyl groups is 1. The molecule has 0 saturated heterocycles. The summed E-state index contributed by atoms with van der Waals surface area (Å²) >= 11 is 3.35. The van der Waals surface area contributed by atoms with E-state index in [0.717, 1.165) is 4.47 Å². The lowest BCUT2D eigenvalue weighted by atomic mass is 10.0. The molecular weight excluding hydrogens is 492 g/mol. The molecule has 2 atom stereocenters. The van der Waals surface area contributed by atoms with E-state index in [1.807, 2.05) is 6.07 Å². The first-order valence-corrected chi connectivity index (χ1v) is 11.2. The standard InChI is InChI=1S/C23H25BrN4O5/c24-16-5-1-3-14(9-16)19(11-22(32)33)28-21(31)8-7-20(30)15-4-2-6-17(10-15)27-23-25-12-18(29)13-26-23/h1-6,9-10,18-19,29H,7-8,11-13H2,(H,28,31)(H,32,33)(H2,25,26,27). The molecule has 0 saturated carbocycles. The third-order valence-electron chi connectivity index (χ3n) is 4.96. The Bertz CT molecular complexity index is 1060. The van der Waals surface area contributed by atoms with Crippen molar-refractivity contribution in [1.82, 2.24) is 10.6 Å². The molecule has 2 aromatic carbocycles. The maximum atomic E-state index is 12.6. The zero-order valence-corrected chi connectivity index (χ0v) is 19.3. The van der Waals surface area contributed by atoms with Crippen LogP contribution in [0.4, 0.5) is 5.69 Å². The molecule has 5 N–H and O–H groups in total. The summed E-state index contributed by atoms with van der Waals surface area (Å²) < 4.78 is 0.777. The monoisotopic (exact) mass is 516 g/mol. The fourth-order valence-electron chi connectivity index (χ4n) is 3.31. The second-order valence-corrected chi connectivity index (χ2v) is 8.54. The van der Waals surface area contributed by atoms with Gasteiger partial charge >= 0.3 is 5.97 Å².